The van der Waals surface area contributed by atoms with Gasteiger partial charge in [0.2, 0.25) is 0 Å². The number of benzene rings is 8. The summed E-state index contributed by atoms with van der Waals surface area (Å²) in [6.07, 6.45) is 2.00. The third kappa shape index (κ3) is 5.98. The van der Waals surface area contributed by atoms with Gasteiger partial charge in [0.15, 0.2) is 5.82 Å². The standard InChI is InChI=1S/C57H36N4O/c1-4-15-37(16-5-1)49-36-58-61-54(42-17-6-2-7-18-42)53(46-22-10-11-23-47(46)55(49)61)41-33-31-40(32-34-41)51-35-50(59-57(60-51)43-19-8-3-9-20-43)39-29-27-38(28-30-39)44-24-14-25-48-45-21-12-13-26-52(45)62-56(44)48/h1-36H. The Kier molecular flexibility index (Phi) is 8.42. The number of pyridine rings is 1. The molecule has 4 heterocycles. The molecule has 0 saturated carbocycles. The van der Waals surface area contributed by atoms with Crippen molar-refractivity contribution in [3.05, 3.63) is 219 Å². The van der Waals surface area contributed by atoms with Crippen LogP contribution in [0, 0.1) is 0 Å². The summed E-state index contributed by atoms with van der Waals surface area (Å²) < 4.78 is 8.51. The molecule has 0 radical (unpaired) electrons. The normalized spacial score (nSPS) is 11.5. The van der Waals surface area contributed by atoms with E-state index in [1.54, 1.807) is 0 Å². The zero-order valence-electron chi connectivity index (χ0n) is 33.5. The van der Waals surface area contributed by atoms with Crippen LogP contribution in [0.4, 0.5) is 0 Å². The molecule has 0 spiro atoms. The Morgan fingerprint density at radius 1 is 0.371 bits per heavy atom. The highest BCUT2D eigenvalue weighted by molar-refractivity contribution is 6.13. The minimum Gasteiger partial charge on any atom is -0.455 e. The van der Waals surface area contributed by atoms with Crippen LogP contribution in [-0.2, 0) is 0 Å². The van der Waals surface area contributed by atoms with Crippen LogP contribution in [0.5, 0.6) is 0 Å². The lowest BCUT2D eigenvalue weighted by Gasteiger charge is -2.18. The van der Waals surface area contributed by atoms with Gasteiger partial charge in [-0.25, -0.2) is 14.5 Å². The monoisotopic (exact) mass is 792 g/mol. The first-order valence-electron chi connectivity index (χ1n) is 20.8. The molecule has 5 nitrogen and oxygen atoms in total. The third-order valence-electron chi connectivity index (χ3n) is 11.9. The Morgan fingerprint density at radius 3 is 1.56 bits per heavy atom. The number of nitrogens with zero attached hydrogens (tertiary/aromatic N) is 4. The van der Waals surface area contributed by atoms with E-state index in [4.69, 9.17) is 19.5 Å². The highest BCUT2D eigenvalue weighted by Gasteiger charge is 2.22. The van der Waals surface area contributed by atoms with Gasteiger partial charge in [-0.15, -0.1) is 0 Å². The number of hydrogen-bond donors (Lipinski definition) is 0. The molecule has 0 aliphatic heterocycles. The first-order valence-corrected chi connectivity index (χ1v) is 20.8. The largest absolute Gasteiger partial charge is 0.455 e. The van der Waals surface area contributed by atoms with E-state index in [0.29, 0.717) is 5.82 Å². The fourth-order valence-electron chi connectivity index (χ4n) is 8.96. The van der Waals surface area contributed by atoms with Crippen LogP contribution < -0.4 is 0 Å². The fourth-order valence-corrected chi connectivity index (χ4v) is 8.96. The number of hydrogen-bond acceptors (Lipinski definition) is 4. The van der Waals surface area contributed by atoms with Crippen molar-refractivity contribution in [1.82, 2.24) is 19.6 Å². The average Bonchev–Trinajstić information content (AvgIpc) is 3.97. The molecule has 4 aromatic heterocycles. The summed E-state index contributed by atoms with van der Waals surface area (Å²) in [5.74, 6) is 0.675. The van der Waals surface area contributed by atoms with E-state index >= 15 is 0 Å². The van der Waals surface area contributed by atoms with E-state index in [2.05, 4.69) is 187 Å². The molecule has 0 amide bonds. The first kappa shape index (κ1) is 35.5. The summed E-state index contributed by atoms with van der Waals surface area (Å²) in [4.78, 5) is 10.3. The lowest BCUT2D eigenvalue weighted by Crippen LogP contribution is -2.00. The molecule has 12 rings (SSSR count). The van der Waals surface area contributed by atoms with E-state index in [0.717, 1.165) is 106 Å². The first-order chi connectivity index (χ1) is 30.7. The Morgan fingerprint density at radius 2 is 0.887 bits per heavy atom. The number of para-hydroxylation sites is 2. The highest BCUT2D eigenvalue weighted by atomic mass is 16.3. The van der Waals surface area contributed by atoms with Crippen LogP contribution in [0.15, 0.2) is 223 Å². The van der Waals surface area contributed by atoms with Crippen molar-refractivity contribution < 1.29 is 4.42 Å². The molecule has 0 aliphatic carbocycles. The van der Waals surface area contributed by atoms with Crippen LogP contribution in [0.1, 0.15) is 0 Å². The Bertz CT molecular complexity index is 3590. The van der Waals surface area contributed by atoms with Crippen LogP contribution in [0.25, 0.3) is 117 Å². The summed E-state index contributed by atoms with van der Waals surface area (Å²) >= 11 is 0. The van der Waals surface area contributed by atoms with E-state index in [1.807, 2.05) is 36.5 Å². The average molecular weight is 793 g/mol. The summed E-state index contributed by atoms with van der Waals surface area (Å²) in [5, 5.41) is 9.64. The van der Waals surface area contributed by atoms with E-state index < -0.39 is 0 Å². The second-order valence-electron chi connectivity index (χ2n) is 15.6. The van der Waals surface area contributed by atoms with Crippen LogP contribution in [0.3, 0.4) is 0 Å². The number of furan rings is 1. The van der Waals surface area contributed by atoms with Gasteiger partial charge >= 0.3 is 0 Å². The van der Waals surface area contributed by atoms with Crippen molar-refractivity contribution in [3.8, 4) is 78.5 Å². The summed E-state index contributed by atoms with van der Waals surface area (Å²) in [6.45, 7) is 0. The van der Waals surface area contributed by atoms with Gasteiger partial charge in [0.05, 0.1) is 28.8 Å². The topological polar surface area (TPSA) is 56.2 Å². The molecule has 0 aliphatic rings. The van der Waals surface area contributed by atoms with Gasteiger partial charge in [0.1, 0.15) is 11.2 Å². The lowest BCUT2D eigenvalue weighted by molar-refractivity contribution is 0.670. The van der Waals surface area contributed by atoms with Crippen molar-refractivity contribution >= 4 is 38.2 Å². The van der Waals surface area contributed by atoms with Gasteiger partial charge in [-0.3, -0.25) is 0 Å². The molecule has 0 bridgehead atoms. The Hall–Kier alpha value is -8.41. The molecular weight excluding hydrogens is 757 g/mol. The maximum absolute atomic E-state index is 6.38. The maximum Gasteiger partial charge on any atom is 0.160 e. The molecule has 0 fully saturated rings. The van der Waals surface area contributed by atoms with Crippen molar-refractivity contribution in [1.29, 1.82) is 0 Å². The van der Waals surface area contributed by atoms with E-state index in [9.17, 15) is 0 Å². The molecule has 0 atom stereocenters. The number of rotatable bonds is 7. The maximum atomic E-state index is 6.38. The molecule has 0 unspecified atom stereocenters. The molecule has 290 valence electrons. The zero-order chi connectivity index (χ0) is 41.0. The molecule has 5 heteroatoms. The van der Waals surface area contributed by atoms with Gasteiger partial charge in [-0.05, 0) is 34.2 Å². The third-order valence-corrected chi connectivity index (χ3v) is 11.9. The predicted molar refractivity (Wildman–Crippen MR) is 254 cm³/mol. The molecule has 62 heavy (non-hydrogen) atoms. The summed E-state index contributed by atoms with van der Waals surface area (Å²) in [7, 11) is 0. The van der Waals surface area contributed by atoms with Gasteiger partial charge < -0.3 is 4.42 Å². The highest BCUT2D eigenvalue weighted by Crippen LogP contribution is 2.43. The van der Waals surface area contributed by atoms with Crippen LogP contribution in [-0.4, -0.2) is 19.6 Å². The van der Waals surface area contributed by atoms with Gasteiger partial charge in [-0.2, -0.15) is 5.10 Å². The van der Waals surface area contributed by atoms with E-state index in [-0.39, 0.29) is 0 Å². The summed E-state index contributed by atoms with van der Waals surface area (Å²) in [5.41, 5.74) is 16.3. The molecule has 0 N–H and O–H groups in total. The van der Waals surface area contributed by atoms with Crippen molar-refractivity contribution in [2.24, 2.45) is 0 Å². The Balaban J connectivity index is 0.978. The predicted octanol–water partition coefficient (Wildman–Crippen LogP) is 14.8. The SMILES string of the molecule is c1ccc(-c2nc(-c3ccc(-c4c(-c5ccccc5)n5ncc(-c6ccccc6)c5c5ccccc45)cc3)cc(-c3ccc(-c4cccc5c4oc4ccccc45)cc3)n2)cc1. The van der Waals surface area contributed by atoms with Crippen molar-refractivity contribution in [3.63, 3.8) is 0 Å². The van der Waals surface area contributed by atoms with Gasteiger partial charge in [0.25, 0.3) is 0 Å². The van der Waals surface area contributed by atoms with Crippen molar-refractivity contribution in [2.45, 2.75) is 0 Å². The van der Waals surface area contributed by atoms with Crippen molar-refractivity contribution in [2.75, 3.05) is 0 Å². The molecular formula is C57H36N4O. The second-order valence-corrected chi connectivity index (χ2v) is 15.6. The quantitative estimate of drug-likeness (QED) is 0.161. The minimum atomic E-state index is 0.675. The summed E-state index contributed by atoms with van der Waals surface area (Å²) in [6, 6.07) is 74.1. The van der Waals surface area contributed by atoms with Gasteiger partial charge in [-0.1, -0.05) is 200 Å². The smallest absolute Gasteiger partial charge is 0.160 e. The Labute approximate surface area is 357 Å². The fraction of sp³-hybridized carbons (Fsp3) is 0. The van der Waals surface area contributed by atoms with Crippen LogP contribution >= 0.6 is 0 Å². The van der Waals surface area contributed by atoms with Crippen LogP contribution in [0.2, 0.25) is 0 Å². The number of aromatic nitrogens is 4. The molecule has 12 aromatic rings. The second kappa shape index (κ2) is 14.7. The van der Waals surface area contributed by atoms with Gasteiger partial charge in [0, 0.05) is 55.1 Å². The number of fused-ring (bicyclic) bond motifs is 6. The molecule has 0 saturated heterocycles. The van der Waals surface area contributed by atoms with E-state index in [1.165, 1.54) is 5.39 Å². The lowest BCUT2D eigenvalue weighted by atomic mass is 9.91. The minimum absolute atomic E-state index is 0.675. The molecule has 8 aromatic carbocycles. The zero-order valence-corrected chi connectivity index (χ0v) is 33.5.